The molecule has 1 N–H and O–H groups in total. The average molecular weight is 556 g/mol. The molecule has 0 spiro atoms. The third-order valence-electron chi connectivity index (χ3n) is 6.14. The Morgan fingerprint density at radius 1 is 0.921 bits per heavy atom. The molecule has 0 aliphatic heterocycles. The van der Waals surface area contributed by atoms with Crippen molar-refractivity contribution in [2.45, 2.75) is 57.6 Å². The van der Waals surface area contributed by atoms with Crippen LogP contribution >= 0.6 is 11.6 Å². The molecule has 0 unspecified atom stereocenters. The number of carbonyl (C=O) groups is 2. The van der Waals surface area contributed by atoms with Gasteiger partial charge in [-0.2, -0.15) is 0 Å². The molecule has 0 heterocycles. The van der Waals surface area contributed by atoms with Crippen molar-refractivity contribution in [3.63, 3.8) is 0 Å². The van der Waals surface area contributed by atoms with Gasteiger partial charge in [-0.05, 0) is 74.7 Å². The summed E-state index contributed by atoms with van der Waals surface area (Å²) in [6, 6.07) is 20.9. The number of rotatable bonds is 11. The molecule has 2 amide bonds. The van der Waals surface area contributed by atoms with Crippen LogP contribution < -0.4 is 9.62 Å². The smallest absolute Gasteiger partial charge is 0.264 e. The third-order valence-corrected chi connectivity index (χ3v) is 8.18. The number of sulfonamides is 1. The van der Waals surface area contributed by atoms with Crippen molar-refractivity contribution in [3.05, 3.63) is 95.0 Å². The number of aryl methyl sites for hydroxylation is 1. The number of hydrogen-bond acceptors (Lipinski definition) is 4. The lowest BCUT2D eigenvalue weighted by molar-refractivity contribution is -0.140. The van der Waals surface area contributed by atoms with Crippen molar-refractivity contribution in [1.82, 2.24) is 10.2 Å². The highest BCUT2D eigenvalue weighted by molar-refractivity contribution is 7.92. The van der Waals surface area contributed by atoms with Gasteiger partial charge in [-0.15, -0.1) is 0 Å². The lowest BCUT2D eigenvalue weighted by Gasteiger charge is -2.34. The lowest BCUT2D eigenvalue weighted by atomic mass is 10.1. The summed E-state index contributed by atoms with van der Waals surface area (Å²) in [7, 11) is -4.11. The minimum absolute atomic E-state index is 0.0535. The molecule has 0 radical (unpaired) electrons. The Bertz CT molecular complexity index is 1350. The normalized spacial score (nSPS) is 12.2. The molecule has 3 aromatic rings. The number of carbonyl (C=O) groups excluding carboxylic acids is 2. The molecule has 38 heavy (non-hydrogen) atoms. The van der Waals surface area contributed by atoms with E-state index in [4.69, 9.17) is 11.6 Å². The van der Waals surface area contributed by atoms with Crippen LogP contribution in [0.1, 0.15) is 38.3 Å². The molecule has 3 rings (SSSR count). The minimum Gasteiger partial charge on any atom is -0.352 e. The van der Waals surface area contributed by atoms with E-state index in [1.165, 1.54) is 17.0 Å². The summed E-state index contributed by atoms with van der Waals surface area (Å²) in [4.78, 5) is 28.7. The Kier molecular flexibility index (Phi) is 9.94. The van der Waals surface area contributed by atoms with Gasteiger partial charge in [0.2, 0.25) is 11.8 Å². The largest absolute Gasteiger partial charge is 0.352 e. The fourth-order valence-electron chi connectivity index (χ4n) is 4.13. The van der Waals surface area contributed by atoms with Crippen LogP contribution in [0.2, 0.25) is 5.02 Å². The van der Waals surface area contributed by atoms with Crippen molar-refractivity contribution < 1.29 is 18.0 Å². The van der Waals surface area contributed by atoms with Gasteiger partial charge in [0, 0.05) is 17.6 Å². The summed E-state index contributed by atoms with van der Waals surface area (Å²) < 4.78 is 28.6. The Hall–Kier alpha value is -3.36. The fourth-order valence-corrected chi connectivity index (χ4v) is 5.69. The summed E-state index contributed by atoms with van der Waals surface area (Å²) in [5.74, 6) is -0.776. The molecule has 1 atom stereocenters. The van der Waals surface area contributed by atoms with Gasteiger partial charge in [0.25, 0.3) is 10.0 Å². The van der Waals surface area contributed by atoms with Crippen LogP contribution in [0.3, 0.4) is 0 Å². The number of nitrogens with one attached hydrogen (secondary N) is 1. The van der Waals surface area contributed by atoms with E-state index in [0.717, 1.165) is 15.4 Å². The van der Waals surface area contributed by atoms with Gasteiger partial charge in [0.15, 0.2) is 0 Å². The molecule has 0 fully saturated rings. The zero-order valence-electron chi connectivity index (χ0n) is 22.1. The summed E-state index contributed by atoms with van der Waals surface area (Å²) in [6.07, 6.45) is 0.364. The van der Waals surface area contributed by atoms with Crippen LogP contribution in [0.15, 0.2) is 83.8 Å². The van der Waals surface area contributed by atoms with Crippen LogP contribution in [-0.4, -0.2) is 43.8 Å². The maximum absolute atomic E-state index is 14.0. The van der Waals surface area contributed by atoms with Crippen LogP contribution in [0.25, 0.3) is 0 Å². The minimum atomic E-state index is -4.11. The van der Waals surface area contributed by atoms with Gasteiger partial charge in [-0.1, -0.05) is 61.0 Å². The monoisotopic (exact) mass is 555 g/mol. The van der Waals surface area contributed by atoms with Gasteiger partial charge in [0.1, 0.15) is 12.6 Å². The van der Waals surface area contributed by atoms with Crippen LogP contribution in [-0.2, 0) is 26.2 Å². The molecule has 9 heteroatoms. The molecule has 7 nitrogen and oxygen atoms in total. The quantitative estimate of drug-likeness (QED) is 0.353. The van der Waals surface area contributed by atoms with Crippen molar-refractivity contribution in [1.29, 1.82) is 0 Å². The van der Waals surface area contributed by atoms with E-state index in [1.54, 1.807) is 42.5 Å². The molecule has 0 aromatic heterocycles. The number of amides is 2. The fraction of sp³-hybridized carbons (Fsp3) is 0.310. The molecular formula is C29H34ClN3O4S. The van der Waals surface area contributed by atoms with E-state index >= 15 is 0 Å². The van der Waals surface area contributed by atoms with Gasteiger partial charge < -0.3 is 10.2 Å². The van der Waals surface area contributed by atoms with Crippen molar-refractivity contribution in [2.75, 3.05) is 10.8 Å². The van der Waals surface area contributed by atoms with Crippen molar-refractivity contribution >= 4 is 39.1 Å². The molecule has 0 bridgehead atoms. The Morgan fingerprint density at radius 2 is 1.53 bits per heavy atom. The number of nitrogens with zero attached hydrogens (tertiary/aromatic N) is 2. The summed E-state index contributed by atoms with van der Waals surface area (Å²) in [5.41, 5.74) is 2.14. The van der Waals surface area contributed by atoms with E-state index in [1.807, 2.05) is 52.0 Å². The second-order valence-corrected chi connectivity index (χ2v) is 11.6. The summed E-state index contributed by atoms with van der Waals surface area (Å²) in [5, 5.41) is 3.34. The molecule has 0 aliphatic rings. The molecule has 3 aromatic carbocycles. The van der Waals surface area contributed by atoms with Crippen molar-refractivity contribution in [3.8, 4) is 0 Å². The van der Waals surface area contributed by atoms with Crippen molar-refractivity contribution in [2.24, 2.45) is 0 Å². The van der Waals surface area contributed by atoms with E-state index in [0.29, 0.717) is 17.1 Å². The standard InChI is InChI=1S/C29H34ClN3O4S/c1-5-27(29(35)31-21(2)3)32(19-23-12-10-9-11-22(23)4)28(34)20-33(25-17-15-24(30)16-18-25)38(36,37)26-13-7-6-8-14-26/h6-18,21,27H,5,19-20H2,1-4H3,(H,31,35)/t27-/m1/s1. The summed E-state index contributed by atoms with van der Waals surface area (Å²) in [6.45, 7) is 7.15. The predicted octanol–water partition coefficient (Wildman–Crippen LogP) is 5.18. The Labute approximate surface area is 230 Å². The van der Waals surface area contributed by atoms with E-state index < -0.39 is 28.5 Å². The first-order chi connectivity index (χ1) is 18.0. The number of benzene rings is 3. The number of anilines is 1. The summed E-state index contributed by atoms with van der Waals surface area (Å²) >= 11 is 6.06. The first-order valence-corrected chi connectivity index (χ1v) is 14.3. The predicted molar refractivity (Wildman–Crippen MR) is 152 cm³/mol. The molecule has 0 saturated heterocycles. The third kappa shape index (κ3) is 7.14. The van der Waals surface area contributed by atoms with Crippen LogP contribution in [0, 0.1) is 6.92 Å². The molecular weight excluding hydrogens is 522 g/mol. The zero-order chi connectivity index (χ0) is 27.9. The zero-order valence-corrected chi connectivity index (χ0v) is 23.7. The Balaban J connectivity index is 2.06. The van der Waals surface area contributed by atoms with Gasteiger partial charge >= 0.3 is 0 Å². The maximum Gasteiger partial charge on any atom is 0.264 e. The number of hydrogen-bond donors (Lipinski definition) is 1. The van der Waals surface area contributed by atoms with Crippen LogP contribution in [0.4, 0.5) is 5.69 Å². The van der Waals surface area contributed by atoms with Gasteiger partial charge in [-0.3, -0.25) is 13.9 Å². The second kappa shape index (κ2) is 12.9. The van der Waals surface area contributed by atoms with E-state index in [-0.39, 0.29) is 23.4 Å². The SMILES string of the molecule is CC[C@H](C(=O)NC(C)C)N(Cc1ccccc1C)C(=O)CN(c1ccc(Cl)cc1)S(=O)(=O)c1ccccc1. The Morgan fingerprint density at radius 3 is 2.11 bits per heavy atom. The van der Waals surface area contributed by atoms with Crippen LogP contribution in [0.5, 0.6) is 0 Å². The average Bonchev–Trinajstić information content (AvgIpc) is 2.88. The highest BCUT2D eigenvalue weighted by Crippen LogP contribution is 2.26. The van der Waals surface area contributed by atoms with Gasteiger partial charge in [-0.25, -0.2) is 8.42 Å². The lowest BCUT2D eigenvalue weighted by Crippen LogP contribution is -2.53. The first-order valence-electron chi connectivity index (χ1n) is 12.5. The van der Waals surface area contributed by atoms with Gasteiger partial charge in [0.05, 0.1) is 10.6 Å². The highest BCUT2D eigenvalue weighted by Gasteiger charge is 2.34. The van der Waals surface area contributed by atoms with E-state index in [9.17, 15) is 18.0 Å². The van der Waals surface area contributed by atoms with E-state index in [2.05, 4.69) is 5.32 Å². The molecule has 202 valence electrons. The number of halogens is 1. The topological polar surface area (TPSA) is 86.8 Å². The second-order valence-electron chi connectivity index (χ2n) is 9.34. The molecule has 0 aliphatic carbocycles. The highest BCUT2D eigenvalue weighted by atomic mass is 35.5. The molecule has 0 saturated carbocycles. The maximum atomic E-state index is 14.0. The first kappa shape index (κ1) is 29.2.